The second-order valence-corrected chi connectivity index (χ2v) is 6.15. The lowest BCUT2D eigenvalue weighted by molar-refractivity contribution is -0.136. The van der Waals surface area contributed by atoms with Crippen LogP contribution in [-0.2, 0) is 11.2 Å². The Kier molecular flexibility index (Phi) is 7.60. The van der Waals surface area contributed by atoms with E-state index in [4.69, 9.17) is 30.9 Å². The predicted octanol–water partition coefficient (Wildman–Crippen LogP) is 4.52. The smallest absolute Gasteiger partial charge is 0.303 e. The number of halogens is 1. The molecule has 2 aromatic rings. The third-order valence-electron chi connectivity index (χ3n) is 3.62. The van der Waals surface area contributed by atoms with Gasteiger partial charge in [-0.05, 0) is 50.1 Å². The summed E-state index contributed by atoms with van der Waals surface area (Å²) in [5.74, 6) is 0.878. The highest BCUT2D eigenvalue weighted by Gasteiger charge is 2.13. The summed E-state index contributed by atoms with van der Waals surface area (Å²) in [7, 11) is 0. The number of ether oxygens (including phenoxy) is 3. The lowest BCUT2D eigenvalue weighted by atomic mass is 10.1. The van der Waals surface area contributed by atoms with E-state index in [1.54, 1.807) is 12.1 Å². The number of carboxylic acid groups (broad SMARTS) is 1. The maximum Gasteiger partial charge on any atom is 0.303 e. The zero-order chi connectivity index (χ0) is 18.9. The fourth-order valence-electron chi connectivity index (χ4n) is 2.36. The molecule has 0 spiro atoms. The Bertz CT molecular complexity index is 728. The molecule has 2 aromatic carbocycles. The summed E-state index contributed by atoms with van der Waals surface area (Å²) in [4.78, 5) is 10.7. The molecule has 0 aliphatic rings. The van der Waals surface area contributed by atoms with Gasteiger partial charge in [-0.15, -0.1) is 0 Å². The molecule has 0 aliphatic carbocycles. The summed E-state index contributed by atoms with van der Waals surface area (Å²) in [6, 6.07) is 11.3. The zero-order valence-electron chi connectivity index (χ0n) is 15.0. The van der Waals surface area contributed by atoms with Crippen molar-refractivity contribution in [3.63, 3.8) is 0 Å². The van der Waals surface area contributed by atoms with Crippen molar-refractivity contribution in [3.05, 3.63) is 52.5 Å². The van der Waals surface area contributed by atoms with Gasteiger partial charge in [0.25, 0.3) is 0 Å². The van der Waals surface area contributed by atoms with Crippen molar-refractivity contribution in [1.29, 1.82) is 0 Å². The number of aryl methyl sites for hydroxylation is 2. The first kappa shape index (κ1) is 19.9. The van der Waals surface area contributed by atoms with E-state index in [1.807, 2.05) is 38.1 Å². The van der Waals surface area contributed by atoms with Crippen molar-refractivity contribution in [3.8, 4) is 17.2 Å². The third-order valence-corrected chi connectivity index (χ3v) is 3.90. The van der Waals surface area contributed by atoms with Crippen LogP contribution < -0.4 is 14.2 Å². The van der Waals surface area contributed by atoms with Crippen LogP contribution in [0, 0.1) is 6.92 Å². The molecular weight excluding hydrogens is 356 g/mol. The van der Waals surface area contributed by atoms with Gasteiger partial charge in [0, 0.05) is 6.42 Å². The Morgan fingerprint density at radius 3 is 2.42 bits per heavy atom. The van der Waals surface area contributed by atoms with Gasteiger partial charge in [-0.25, -0.2) is 0 Å². The first-order chi connectivity index (χ1) is 12.5. The number of hydrogen-bond acceptors (Lipinski definition) is 4. The van der Waals surface area contributed by atoms with E-state index in [1.165, 1.54) is 5.56 Å². The number of carbonyl (C=O) groups is 1. The number of rotatable bonds is 10. The molecule has 0 aromatic heterocycles. The van der Waals surface area contributed by atoms with Gasteiger partial charge in [0.15, 0.2) is 11.5 Å². The van der Waals surface area contributed by atoms with Crippen molar-refractivity contribution >= 4 is 17.6 Å². The summed E-state index contributed by atoms with van der Waals surface area (Å²) < 4.78 is 17.0. The van der Waals surface area contributed by atoms with Gasteiger partial charge in [-0.2, -0.15) is 0 Å². The quantitative estimate of drug-likeness (QED) is 0.615. The highest BCUT2D eigenvalue weighted by atomic mass is 35.5. The van der Waals surface area contributed by atoms with E-state index in [0.717, 1.165) is 11.3 Å². The van der Waals surface area contributed by atoms with Crippen LogP contribution in [0.2, 0.25) is 5.02 Å². The highest BCUT2D eigenvalue weighted by molar-refractivity contribution is 6.32. The minimum absolute atomic E-state index is 0.0342. The monoisotopic (exact) mass is 378 g/mol. The molecule has 6 heteroatoms. The first-order valence-corrected chi connectivity index (χ1v) is 8.86. The normalized spacial score (nSPS) is 10.4. The van der Waals surface area contributed by atoms with Crippen LogP contribution in [0.25, 0.3) is 0 Å². The second kappa shape index (κ2) is 9.92. The molecule has 0 aliphatic heterocycles. The Morgan fingerprint density at radius 2 is 1.77 bits per heavy atom. The molecule has 0 bridgehead atoms. The molecule has 2 rings (SSSR count). The Hall–Kier alpha value is -2.40. The largest absolute Gasteiger partial charge is 0.490 e. The van der Waals surface area contributed by atoms with Gasteiger partial charge >= 0.3 is 5.97 Å². The minimum atomic E-state index is -0.854. The summed E-state index contributed by atoms with van der Waals surface area (Å²) >= 11 is 6.31. The zero-order valence-corrected chi connectivity index (χ0v) is 15.7. The van der Waals surface area contributed by atoms with Crippen LogP contribution in [0.5, 0.6) is 17.2 Å². The van der Waals surface area contributed by atoms with Crippen LogP contribution in [0.4, 0.5) is 0 Å². The number of benzene rings is 2. The lowest BCUT2D eigenvalue weighted by Crippen LogP contribution is -2.10. The minimum Gasteiger partial charge on any atom is -0.490 e. The Morgan fingerprint density at radius 1 is 1.08 bits per heavy atom. The first-order valence-electron chi connectivity index (χ1n) is 8.49. The van der Waals surface area contributed by atoms with Crippen molar-refractivity contribution in [2.75, 3.05) is 19.8 Å². The van der Waals surface area contributed by atoms with E-state index in [0.29, 0.717) is 42.8 Å². The molecule has 0 unspecified atom stereocenters. The molecule has 0 radical (unpaired) electrons. The second-order valence-electron chi connectivity index (χ2n) is 5.74. The molecular formula is C20H23ClO5. The van der Waals surface area contributed by atoms with Crippen LogP contribution >= 0.6 is 11.6 Å². The highest BCUT2D eigenvalue weighted by Crippen LogP contribution is 2.37. The molecule has 0 amide bonds. The van der Waals surface area contributed by atoms with E-state index < -0.39 is 5.97 Å². The fraction of sp³-hybridized carbons (Fsp3) is 0.350. The van der Waals surface area contributed by atoms with Crippen LogP contribution in [-0.4, -0.2) is 30.9 Å². The summed E-state index contributed by atoms with van der Waals surface area (Å²) in [5, 5.41) is 9.22. The van der Waals surface area contributed by atoms with Gasteiger partial charge in [0.2, 0.25) is 0 Å². The number of aliphatic carboxylic acids is 1. The molecule has 1 N–H and O–H groups in total. The lowest BCUT2D eigenvalue weighted by Gasteiger charge is -2.15. The predicted molar refractivity (Wildman–Crippen MR) is 101 cm³/mol. The van der Waals surface area contributed by atoms with Gasteiger partial charge in [-0.3, -0.25) is 4.79 Å². The Balaban J connectivity index is 1.97. The average Bonchev–Trinajstić information content (AvgIpc) is 2.60. The maximum absolute atomic E-state index is 10.7. The molecule has 0 saturated carbocycles. The Labute approximate surface area is 158 Å². The molecule has 0 saturated heterocycles. The fourth-order valence-corrected chi connectivity index (χ4v) is 2.65. The molecule has 5 nitrogen and oxygen atoms in total. The average molecular weight is 379 g/mol. The van der Waals surface area contributed by atoms with E-state index in [-0.39, 0.29) is 6.42 Å². The number of carboxylic acids is 1. The van der Waals surface area contributed by atoms with Gasteiger partial charge in [0.05, 0.1) is 11.6 Å². The molecule has 0 fully saturated rings. The maximum atomic E-state index is 10.7. The molecule has 0 heterocycles. The van der Waals surface area contributed by atoms with Crippen LogP contribution in [0.1, 0.15) is 24.5 Å². The molecule has 26 heavy (non-hydrogen) atoms. The van der Waals surface area contributed by atoms with Gasteiger partial charge in [0.1, 0.15) is 19.0 Å². The van der Waals surface area contributed by atoms with E-state index in [9.17, 15) is 4.79 Å². The topological polar surface area (TPSA) is 65.0 Å². The van der Waals surface area contributed by atoms with Gasteiger partial charge in [-0.1, -0.05) is 29.3 Å². The summed E-state index contributed by atoms with van der Waals surface area (Å²) in [6.45, 7) is 5.01. The van der Waals surface area contributed by atoms with E-state index in [2.05, 4.69) is 0 Å². The van der Waals surface area contributed by atoms with Crippen molar-refractivity contribution < 1.29 is 24.1 Å². The van der Waals surface area contributed by atoms with Crippen LogP contribution in [0.15, 0.2) is 36.4 Å². The number of hydrogen-bond donors (Lipinski definition) is 1. The molecule has 0 atom stereocenters. The summed E-state index contributed by atoms with van der Waals surface area (Å²) in [5.41, 5.74) is 1.97. The summed E-state index contributed by atoms with van der Waals surface area (Å²) in [6.07, 6.45) is 0.415. The van der Waals surface area contributed by atoms with Gasteiger partial charge < -0.3 is 19.3 Å². The molecule has 140 valence electrons. The third kappa shape index (κ3) is 6.15. The van der Waals surface area contributed by atoms with Crippen LogP contribution in [0.3, 0.4) is 0 Å². The van der Waals surface area contributed by atoms with Crippen molar-refractivity contribution in [2.24, 2.45) is 0 Å². The SMILES string of the molecule is CCOc1cc(CCC(=O)O)cc(Cl)c1OCCOc1ccc(C)cc1. The standard InChI is InChI=1S/C20H23ClO5/c1-3-24-18-13-15(6-9-19(22)23)12-17(21)20(18)26-11-10-25-16-7-4-14(2)5-8-16/h4-5,7-8,12-13H,3,6,9-11H2,1-2H3,(H,22,23). The van der Waals surface area contributed by atoms with Crippen molar-refractivity contribution in [2.45, 2.75) is 26.7 Å². The van der Waals surface area contributed by atoms with Crippen molar-refractivity contribution in [1.82, 2.24) is 0 Å². The van der Waals surface area contributed by atoms with E-state index >= 15 is 0 Å².